The van der Waals surface area contributed by atoms with Crippen molar-refractivity contribution in [1.29, 1.82) is 0 Å². The van der Waals surface area contributed by atoms with Gasteiger partial charge in [-0.25, -0.2) is 13.1 Å². The molecule has 1 atom stereocenters. The largest absolute Gasteiger partial charge is 0.480 e. The molecule has 0 aliphatic carbocycles. The number of nitrogens with one attached hydrogen (secondary N) is 1. The number of benzene rings is 1. The quantitative estimate of drug-likeness (QED) is 0.778. The van der Waals surface area contributed by atoms with Crippen LogP contribution in [-0.4, -0.2) is 25.5 Å². The number of rotatable bonds is 7. The van der Waals surface area contributed by atoms with Gasteiger partial charge in [0.05, 0.1) is 5.75 Å². The molecule has 1 aromatic rings. The molecule has 5 nitrogen and oxygen atoms in total. The molecule has 0 spiro atoms. The monoisotopic (exact) mass is 363 g/mol. The van der Waals surface area contributed by atoms with Crippen LogP contribution >= 0.6 is 15.9 Å². The van der Waals surface area contributed by atoms with Gasteiger partial charge in [-0.3, -0.25) is 4.79 Å². The Kier molecular flexibility index (Phi) is 6.16. The van der Waals surface area contributed by atoms with E-state index in [9.17, 15) is 13.2 Å². The lowest BCUT2D eigenvalue weighted by molar-refractivity contribution is -0.139. The van der Waals surface area contributed by atoms with E-state index in [0.29, 0.717) is 10.0 Å². The molecule has 1 rings (SSSR count). The molecule has 20 heavy (non-hydrogen) atoms. The summed E-state index contributed by atoms with van der Waals surface area (Å²) in [4.78, 5) is 11.1. The number of halogens is 1. The summed E-state index contributed by atoms with van der Waals surface area (Å²) in [6, 6.07) is 5.85. The van der Waals surface area contributed by atoms with Gasteiger partial charge in [-0.2, -0.15) is 0 Å². The van der Waals surface area contributed by atoms with E-state index in [1.807, 2.05) is 13.8 Å². The zero-order valence-electron chi connectivity index (χ0n) is 11.3. The Hall–Kier alpha value is -0.920. The number of hydrogen-bond acceptors (Lipinski definition) is 3. The number of sulfonamides is 1. The smallest absolute Gasteiger partial charge is 0.321 e. The van der Waals surface area contributed by atoms with E-state index in [0.717, 1.165) is 0 Å². The van der Waals surface area contributed by atoms with E-state index in [4.69, 9.17) is 5.11 Å². The highest BCUT2D eigenvalue weighted by atomic mass is 79.9. The normalized spacial score (nSPS) is 13.4. The average molecular weight is 364 g/mol. The highest BCUT2D eigenvalue weighted by Crippen LogP contribution is 2.18. The molecular weight excluding hydrogens is 346 g/mol. The fourth-order valence-electron chi connectivity index (χ4n) is 1.75. The minimum Gasteiger partial charge on any atom is -0.480 e. The van der Waals surface area contributed by atoms with Crippen molar-refractivity contribution in [1.82, 2.24) is 4.72 Å². The maximum atomic E-state index is 12.1. The highest BCUT2D eigenvalue weighted by molar-refractivity contribution is 9.10. The Morgan fingerprint density at radius 1 is 1.35 bits per heavy atom. The van der Waals surface area contributed by atoms with Crippen LogP contribution in [0.2, 0.25) is 0 Å². The van der Waals surface area contributed by atoms with Crippen LogP contribution in [0, 0.1) is 5.92 Å². The number of carboxylic acid groups (broad SMARTS) is 1. The van der Waals surface area contributed by atoms with E-state index in [1.54, 1.807) is 24.3 Å². The van der Waals surface area contributed by atoms with Gasteiger partial charge in [0.2, 0.25) is 10.0 Å². The molecular formula is C13H18BrNO4S. The Labute approximate surface area is 127 Å². The summed E-state index contributed by atoms with van der Waals surface area (Å²) in [5.41, 5.74) is 0.591. The maximum absolute atomic E-state index is 12.1. The van der Waals surface area contributed by atoms with Crippen LogP contribution < -0.4 is 4.72 Å². The van der Waals surface area contributed by atoms with Crippen LogP contribution in [0.15, 0.2) is 28.7 Å². The average Bonchev–Trinajstić information content (AvgIpc) is 2.30. The van der Waals surface area contributed by atoms with Crippen LogP contribution in [0.5, 0.6) is 0 Å². The standard InChI is InChI=1S/C13H18BrNO4S/c1-9(2)7-12(13(16)17)15-20(18,19)8-10-5-3-4-6-11(10)14/h3-6,9,12,15H,7-8H2,1-2H3,(H,16,17). The van der Waals surface area contributed by atoms with Gasteiger partial charge in [-0.05, 0) is 24.0 Å². The summed E-state index contributed by atoms with van der Waals surface area (Å²) in [5, 5.41) is 9.07. The molecule has 0 fully saturated rings. The summed E-state index contributed by atoms with van der Waals surface area (Å²) in [5.74, 6) is -1.33. The van der Waals surface area contributed by atoms with Gasteiger partial charge in [-0.15, -0.1) is 0 Å². The van der Waals surface area contributed by atoms with Crippen molar-refractivity contribution in [2.45, 2.75) is 32.1 Å². The fraction of sp³-hybridized carbons (Fsp3) is 0.462. The van der Waals surface area contributed by atoms with Gasteiger partial charge in [0.25, 0.3) is 0 Å². The molecule has 0 heterocycles. The molecule has 0 aromatic heterocycles. The van der Waals surface area contributed by atoms with Gasteiger partial charge < -0.3 is 5.11 Å². The first-order valence-corrected chi connectivity index (χ1v) is 8.62. The van der Waals surface area contributed by atoms with E-state index in [2.05, 4.69) is 20.7 Å². The van der Waals surface area contributed by atoms with Crippen molar-refractivity contribution < 1.29 is 18.3 Å². The second-order valence-electron chi connectivity index (χ2n) is 4.99. The van der Waals surface area contributed by atoms with Crippen molar-refractivity contribution >= 4 is 31.9 Å². The van der Waals surface area contributed by atoms with Gasteiger partial charge in [0.15, 0.2) is 0 Å². The Morgan fingerprint density at radius 2 is 1.95 bits per heavy atom. The predicted molar refractivity (Wildman–Crippen MR) is 80.8 cm³/mol. The van der Waals surface area contributed by atoms with Crippen molar-refractivity contribution in [2.75, 3.05) is 0 Å². The van der Waals surface area contributed by atoms with E-state index >= 15 is 0 Å². The number of aliphatic carboxylic acids is 1. The minimum atomic E-state index is -3.71. The molecule has 0 saturated heterocycles. The second-order valence-corrected chi connectivity index (χ2v) is 7.60. The molecule has 0 aliphatic heterocycles. The zero-order valence-corrected chi connectivity index (χ0v) is 13.7. The number of carboxylic acids is 1. The third-order valence-electron chi connectivity index (χ3n) is 2.63. The van der Waals surface area contributed by atoms with Gasteiger partial charge >= 0.3 is 5.97 Å². The summed E-state index contributed by atoms with van der Waals surface area (Å²) < 4.78 is 27.0. The Morgan fingerprint density at radius 3 is 2.45 bits per heavy atom. The molecule has 112 valence electrons. The first-order chi connectivity index (χ1) is 9.21. The van der Waals surface area contributed by atoms with Crippen molar-refractivity contribution in [3.8, 4) is 0 Å². The van der Waals surface area contributed by atoms with Crippen molar-refractivity contribution in [2.24, 2.45) is 5.92 Å². The highest BCUT2D eigenvalue weighted by Gasteiger charge is 2.25. The van der Waals surface area contributed by atoms with E-state index in [1.165, 1.54) is 0 Å². The first-order valence-electron chi connectivity index (χ1n) is 6.17. The molecule has 0 radical (unpaired) electrons. The molecule has 2 N–H and O–H groups in total. The van der Waals surface area contributed by atoms with Gasteiger partial charge in [0, 0.05) is 4.47 Å². The lowest BCUT2D eigenvalue weighted by Gasteiger charge is -2.16. The predicted octanol–water partition coefficient (Wildman–Crippen LogP) is 2.37. The molecule has 0 bridgehead atoms. The summed E-state index contributed by atoms with van der Waals surface area (Å²) in [6.45, 7) is 3.69. The van der Waals surface area contributed by atoms with Gasteiger partial charge in [0.1, 0.15) is 6.04 Å². The summed E-state index contributed by atoms with van der Waals surface area (Å²) >= 11 is 3.28. The van der Waals surface area contributed by atoms with Gasteiger partial charge in [-0.1, -0.05) is 48.0 Å². The van der Waals surface area contributed by atoms with E-state index < -0.39 is 22.0 Å². The lowest BCUT2D eigenvalue weighted by atomic mass is 10.1. The summed E-state index contributed by atoms with van der Waals surface area (Å²) in [7, 11) is -3.71. The van der Waals surface area contributed by atoms with Crippen molar-refractivity contribution in [3.05, 3.63) is 34.3 Å². The molecule has 1 unspecified atom stereocenters. The van der Waals surface area contributed by atoms with Crippen LogP contribution in [-0.2, 0) is 20.6 Å². The fourth-order valence-corrected chi connectivity index (χ4v) is 3.73. The third-order valence-corrected chi connectivity index (χ3v) is 4.74. The van der Waals surface area contributed by atoms with Crippen LogP contribution in [0.25, 0.3) is 0 Å². The SMILES string of the molecule is CC(C)CC(NS(=O)(=O)Cc1ccccc1Br)C(=O)O. The Bertz CT molecular complexity index is 571. The van der Waals surface area contributed by atoms with Crippen molar-refractivity contribution in [3.63, 3.8) is 0 Å². The molecule has 1 aromatic carbocycles. The van der Waals surface area contributed by atoms with E-state index in [-0.39, 0.29) is 18.1 Å². The Balaban J connectivity index is 2.83. The molecule has 0 amide bonds. The zero-order chi connectivity index (χ0) is 15.3. The van der Waals surface area contributed by atoms with Crippen LogP contribution in [0.3, 0.4) is 0 Å². The third kappa shape index (κ3) is 5.60. The topological polar surface area (TPSA) is 83.5 Å². The molecule has 0 aliphatic rings. The number of carbonyl (C=O) groups is 1. The lowest BCUT2D eigenvalue weighted by Crippen LogP contribution is -2.42. The minimum absolute atomic E-state index is 0.0854. The number of hydrogen-bond donors (Lipinski definition) is 2. The van der Waals surface area contributed by atoms with Crippen LogP contribution in [0.1, 0.15) is 25.8 Å². The molecule has 0 saturated carbocycles. The maximum Gasteiger partial charge on any atom is 0.321 e. The second kappa shape index (κ2) is 7.19. The summed E-state index contributed by atoms with van der Waals surface area (Å²) in [6.07, 6.45) is 0.254. The molecule has 7 heteroatoms. The first kappa shape index (κ1) is 17.1. The van der Waals surface area contributed by atoms with Crippen LogP contribution in [0.4, 0.5) is 0 Å².